The number of phosphoric ester groups is 2. The molecule has 0 radical (unpaired) electrons. The normalized spacial score (nSPS) is 20.5. The Morgan fingerprint density at radius 1 is 0.450 bits per heavy atom. The summed E-state index contributed by atoms with van der Waals surface area (Å²) in [7, 11) is -7.28. The molecule has 26 heteroatoms. The summed E-state index contributed by atoms with van der Waals surface area (Å²) < 4.78 is 127. The highest BCUT2D eigenvalue weighted by molar-refractivity contribution is 7.48. The molecule has 632 valence electrons. The molecule has 109 heavy (non-hydrogen) atoms. The number of esters is 1. The van der Waals surface area contributed by atoms with Crippen LogP contribution in [0.5, 0.6) is 0 Å². The zero-order valence-corrected chi connectivity index (χ0v) is 69.6. The smallest absolute Gasteiger partial charge is 0.454 e. The van der Waals surface area contributed by atoms with Crippen molar-refractivity contribution in [3.05, 3.63) is 75.4 Å². The van der Waals surface area contributed by atoms with Crippen molar-refractivity contribution in [2.24, 2.45) is 0 Å². The highest BCUT2D eigenvalue weighted by atomic mass is 31.2. The number of rotatable bonds is 76. The first kappa shape index (κ1) is 101. The second-order valence-corrected chi connectivity index (χ2v) is 31.5. The number of methoxy groups -OCH3 is 1. The lowest BCUT2D eigenvalue weighted by atomic mass is 9.95. The number of hydrogen-bond donors (Lipinski definition) is 2. The first-order valence-electron chi connectivity index (χ1n) is 41.6. The number of ether oxygens (including phenoxy) is 10. The molecule has 0 unspecified atom stereocenters. The van der Waals surface area contributed by atoms with E-state index < -0.39 is 121 Å². The van der Waals surface area contributed by atoms with Crippen molar-refractivity contribution in [3.63, 3.8) is 0 Å². The Hall–Kier alpha value is -3.78. The van der Waals surface area contributed by atoms with E-state index in [0.29, 0.717) is 32.1 Å². The van der Waals surface area contributed by atoms with E-state index in [1.165, 1.54) is 81.7 Å². The van der Waals surface area contributed by atoms with Gasteiger partial charge in [-0.2, -0.15) is 0 Å². The Kier molecular flexibility index (Phi) is 62.8. The molecule has 2 N–H and O–H groups in total. The van der Waals surface area contributed by atoms with Gasteiger partial charge in [0, 0.05) is 33.2 Å². The van der Waals surface area contributed by atoms with E-state index in [4.69, 9.17) is 74.5 Å². The zero-order chi connectivity index (χ0) is 79.7. The minimum absolute atomic E-state index is 0.0292. The van der Waals surface area contributed by atoms with Crippen LogP contribution >= 0.6 is 15.6 Å². The fourth-order valence-electron chi connectivity index (χ4n) is 12.7. The molecule has 2 heterocycles. The number of unbranched alkanes of at least 4 members (excludes halogenated alkanes) is 30. The molecule has 11 atom stereocenters. The predicted octanol–water partition coefficient (Wildman–Crippen LogP) is 19.6. The summed E-state index contributed by atoms with van der Waals surface area (Å²) in [6, 6.07) is -1.28. The number of hydrogen-bond acceptors (Lipinski definition) is 23. The maximum absolute atomic E-state index is 14.9. The van der Waals surface area contributed by atoms with Gasteiger partial charge in [0.05, 0.1) is 58.8 Å². The average molecular weight is 1590 g/mol. The van der Waals surface area contributed by atoms with Crippen LogP contribution in [0.1, 0.15) is 285 Å². The van der Waals surface area contributed by atoms with Crippen molar-refractivity contribution in [1.82, 2.24) is 5.32 Å². The monoisotopic (exact) mass is 1590 g/mol. The Balaban J connectivity index is 2.85. The number of phosphoric acid groups is 2. The molecule has 2 fully saturated rings. The summed E-state index contributed by atoms with van der Waals surface area (Å²) in [6.45, 7) is 24.0. The number of nitrogens with one attached hydrogen (secondary N) is 1. The summed E-state index contributed by atoms with van der Waals surface area (Å²) in [5.41, 5.74) is 0. The van der Waals surface area contributed by atoms with E-state index in [1.807, 2.05) is 0 Å². The number of ketones is 1. The van der Waals surface area contributed by atoms with Crippen LogP contribution in [0.4, 0.5) is 4.79 Å². The van der Waals surface area contributed by atoms with Crippen molar-refractivity contribution in [3.8, 4) is 0 Å². The maximum atomic E-state index is 14.9. The lowest BCUT2D eigenvalue weighted by molar-refractivity contribution is -0.327. The van der Waals surface area contributed by atoms with Crippen LogP contribution in [0, 0.1) is 0 Å². The number of carbonyl (C=O) groups excluding carboxylic acids is 4. The number of allylic oxidation sites excluding steroid dienone is 2. The lowest BCUT2D eigenvalue weighted by Gasteiger charge is -2.47. The topological polar surface area (TPSA) is 282 Å². The summed E-state index contributed by atoms with van der Waals surface area (Å²) >= 11 is 0. The molecule has 0 spiro atoms. The van der Waals surface area contributed by atoms with Crippen molar-refractivity contribution in [2.45, 2.75) is 352 Å². The van der Waals surface area contributed by atoms with Crippen LogP contribution in [0.2, 0.25) is 0 Å². The summed E-state index contributed by atoms with van der Waals surface area (Å²) in [4.78, 5) is 55.7. The van der Waals surface area contributed by atoms with Gasteiger partial charge in [0.2, 0.25) is 5.91 Å². The molecule has 2 rings (SSSR count). The van der Waals surface area contributed by atoms with Crippen molar-refractivity contribution in [2.75, 3.05) is 79.8 Å². The number of Topliss-reactive ketones (excluding diaryl/α,β-unsaturated/α-hetero) is 1. The van der Waals surface area contributed by atoms with Crippen molar-refractivity contribution >= 4 is 39.5 Å². The van der Waals surface area contributed by atoms with Gasteiger partial charge in [-0.3, -0.25) is 41.5 Å². The van der Waals surface area contributed by atoms with Crippen LogP contribution < -0.4 is 5.32 Å². The average Bonchev–Trinajstić information content (AvgIpc) is 0.789. The largest absolute Gasteiger partial charge is 0.508 e. The van der Waals surface area contributed by atoms with Gasteiger partial charge in [0.1, 0.15) is 61.7 Å². The Morgan fingerprint density at radius 2 is 0.927 bits per heavy atom. The molecule has 0 aromatic heterocycles. The molecule has 0 bridgehead atoms. The quantitative estimate of drug-likeness (QED) is 0.0188. The highest BCUT2D eigenvalue weighted by Gasteiger charge is 2.55. The highest BCUT2D eigenvalue weighted by Crippen LogP contribution is 2.53. The molecule has 2 aliphatic heterocycles. The molecule has 2 saturated heterocycles. The number of aliphatic hydroxyl groups excluding tert-OH is 1. The van der Waals surface area contributed by atoms with E-state index in [0.717, 1.165) is 154 Å². The van der Waals surface area contributed by atoms with Gasteiger partial charge >= 0.3 is 27.8 Å². The van der Waals surface area contributed by atoms with Gasteiger partial charge in [0.15, 0.2) is 18.7 Å². The summed E-state index contributed by atoms with van der Waals surface area (Å²) in [5.74, 6) is -1.59. The van der Waals surface area contributed by atoms with Gasteiger partial charge in [-0.1, -0.05) is 257 Å². The molecule has 0 saturated carbocycles. The van der Waals surface area contributed by atoms with Gasteiger partial charge in [-0.05, 0) is 57.8 Å². The second-order valence-electron chi connectivity index (χ2n) is 28.2. The first-order valence-corrected chi connectivity index (χ1v) is 44.6. The molecule has 0 aliphatic carbocycles. The SMILES string of the molecule is C=CCOC(=O)OC[C@H]1O[C@@H](OC[C@H]2O[C@H](OCCOP(=O)(OCC=C)OCC=C)[C@H](NC(=O)CC(=O)CCCCCCCCCCC)[C@@H](OCCCCCCCCCC)[C@@H]2O)[C@H](OC(=O)CCCCCCCCCC=CCCCCCC)[C@@H](OCC[C@@H](CCCCCCC)OC)[C@@H]1OP(=O)(OCC=C)OCC=C. The molecular formula is C83H147NO23P2. The van der Waals surface area contributed by atoms with E-state index in [2.05, 4.69) is 78.1 Å². The third-order valence-corrected chi connectivity index (χ3v) is 21.7. The van der Waals surface area contributed by atoms with Crippen molar-refractivity contribution < 1.29 is 108 Å². The van der Waals surface area contributed by atoms with Crippen LogP contribution in [0.25, 0.3) is 0 Å². The van der Waals surface area contributed by atoms with E-state index >= 15 is 0 Å². The van der Waals surface area contributed by atoms with E-state index in [9.17, 15) is 33.4 Å². The number of aliphatic hydroxyl groups is 1. The van der Waals surface area contributed by atoms with Gasteiger partial charge in [-0.15, -0.1) is 26.3 Å². The zero-order valence-electron chi connectivity index (χ0n) is 67.8. The molecule has 0 aromatic rings. The molecular weight excluding hydrogens is 1440 g/mol. The summed E-state index contributed by atoms with van der Waals surface area (Å²) in [5, 5.41) is 15.7. The maximum Gasteiger partial charge on any atom is 0.508 e. The number of amides is 1. The lowest BCUT2D eigenvalue weighted by Crippen LogP contribution is -2.66. The first-order chi connectivity index (χ1) is 53.0. The van der Waals surface area contributed by atoms with E-state index in [-0.39, 0.29) is 77.6 Å². The van der Waals surface area contributed by atoms with Gasteiger partial charge < -0.3 is 57.8 Å². The fourth-order valence-corrected chi connectivity index (χ4v) is 15.2. The minimum Gasteiger partial charge on any atom is -0.454 e. The Labute approximate surface area is 656 Å². The third-order valence-electron chi connectivity index (χ3n) is 18.8. The van der Waals surface area contributed by atoms with Crippen LogP contribution in [0.15, 0.2) is 75.4 Å². The molecule has 1 amide bonds. The van der Waals surface area contributed by atoms with Gasteiger partial charge in [0.25, 0.3) is 0 Å². The van der Waals surface area contributed by atoms with Crippen LogP contribution in [-0.4, -0.2) is 176 Å². The minimum atomic E-state index is -4.69. The van der Waals surface area contributed by atoms with Crippen molar-refractivity contribution in [1.29, 1.82) is 0 Å². The second kappa shape index (κ2) is 67.5. The fraction of sp³-hybridized carbons (Fsp3) is 0.807. The van der Waals surface area contributed by atoms with Crippen LogP contribution in [-0.2, 0) is 98.0 Å². The Bertz CT molecular complexity index is 2460. The van der Waals surface area contributed by atoms with Gasteiger partial charge in [-0.25, -0.2) is 13.9 Å². The molecule has 2 aliphatic rings. The third kappa shape index (κ3) is 48.9. The molecule has 0 aromatic carbocycles. The predicted molar refractivity (Wildman–Crippen MR) is 427 cm³/mol. The Morgan fingerprint density at radius 3 is 1.47 bits per heavy atom. The number of carbonyl (C=O) groups is 4. The molecule has 24 nitrogen and oxygen atoms in total. The summed E-state index contributed by atoms with van der Waals surface area (Å²) in [6.07, 6.45) is 33.2. The van der Waals surface area contributed by atoms with Crippen LogP contribution in [0.3, 0.4) is 0 Å². The standard InChI is InChI=1S/C83H147NO23P2/c1-11-20-24-28-31-34-35-36-37-38-39-41-43-47-51-55-74(87)106-80-79(94-63-56-70(92-10)54-50-45-27-23-14-4)77(107-109(91,101-60-18-8)102-61-19-9)72(68-98-83(89)96-57-15-5)105-82(80)97-67-71-76(88)78(93-62-52-48-44-33-30-26-22-13-3)75(81(104-71)95-64-65-103-108(90,99-58-16-6)100-59-17-7)84-73(86)66-69(85)53-49-46-42-40-32-29-25-21-12-2/h15-19,34-35,70-72,75-82,88H,5-9,11-14,20-33,36-68H2,1-4,10H3,(H,84,86)/t70-,71-,72-,75-,76-,77-,78-,79+,80-,81+,82-/m1/s1. The van der Waals surface area contributed by atoms with E-state index in [1.54, 1.807) is 7.11 Å².